The molecule has 4 nitrogen and oxygen atoms in total. The fourth-order valence-electron chi connectivity index (χ4n) is 3.87. The molecule has 1 heterocycles. The van der Waals surface area contributed by atoms with E-state index in [0.29, 0.717) is 6.04 Å². The minimum Gasteiger partial charge on any atom is -0.351 e. The Morgan fingerprint density at radius 1 is 1.19 bits per heavy atom. The second kappa shape index (κ2) is 11.2. The summed E-state index contributed by atoms with van der Waals surface area (Å²) in [6, 6.07) is 0.498. The normalized spacial score (nSPS) is 18.2. The Labute approximate surface area is 165 Å². The molecule has 3 rings (SSSR count). The molecule has 150 valence electrons. The Morgan fingerprint density at radius 2 is 1.89 bits per heavy atom. The third-order valence-corrected chi connectivity index (χ3v) is 5.47. The Hall–Kier alpha value is -1.71. The molecule has 0 aromatic carbocycles. The summed E-state index contributed by atoms with van der Waals surface area (Å²) in [6.07, 6.45) is 15.8. The standard InChI is InChI=1S/C21H32N4.C2H6/c1-3-7-17(12-16-10-11-16)19(13-22)20-15(2)14-23-21(25-20)24-18-8-5-4-6-9-18;1-2/h13-14,16,18,22H,3-12H2,1-2H3,(H,23,24,25);1-2H3/b19-17-,22-13?;. The van der Waals surface area contributed by atoms with Gasteiger partial charge in [-0.3, -0.25) is 0 Å². The largest absolute Gasteiger partial charge is 0.351 e. The monoisotopic (exact) mass is 370 g/mol. The molecule has 0 bridgehead atoms. The molecule has 2 N–H and O–H groups in total. The fourth-order valence-corrected chi connectivity index (χ4v) is 3.87. The van der Waals surface area contributed by atoms with E-state index in [1.54, 1.807) is 0 Å². The van der Waals surface area contributed by atoms with Gasteiger partial charge in [-0.15, -0.1) is 0 Å². The topological polar surface area (TPSA) is 61.7 Å². The molecule has 2 saturated carbocycles. The fraction of sp³-hybridized carbons (Fsp3) is 0.696. The van der Waals surface area contributed by atoms with Crippen LogP contribution >= 0.6 is 0 Å². The molecule has 27 heavy (non-hydrogen) atoms. The van der Waals surface area contributed by atoms with Crippen LogP contribution in [0.4, 0.5) is 5.95 Å². The lowest BCUT2D eigenvalue weighted by molar-refractivity contribution is 0.461. The van der Waals surface area contributed by atoms with E-state index < -0.39 is 0 Å². The lowest BCUT2D eigenvalue weighted by Crippen LogP contribution is -2.23. The van der Waals surface area contributed by atoms with Crippen molar-refractivity contribution in [1.82, 2.24) is 9.97 Å². The van der Waals surface area contributed by atoms with E-state index in [4.69, 9.17) is 10.4 Å². The number of anilines is 1. The molecule has 1 aromatic rings. The van der Waals surface area contributed by atoms with Gasteiger partial charge >= 0.3 is 0 Å². The van der Waals surface area contributed by atoms with Gasteiger partial charge in [0.1, 0.15) is 0 Å². The Balaban J connectivity index is 0.00000126. The number of nitrogens with one attached hydrogen (secondary N) is 2. The van der Waals surface area contributed by atoms with Gasteiger partial charge in [0.25, 0.3) is 0 Å². The molecule has 2 aliphatic carbocycles. The Bertz CT molecular complexity index is 625. The molecule has 2 aliphatic rings. The second-order valence-electron chi connectivity index (χ2n) is 7.76. The average Bonchev–Trinajstić information content (AvgIpc) is 3.51. The number of hydrogen-bond donors (Lipinski definition) is 2. The quantitative estimate of drug-likeness (QED) is 0.509. The first-order chi connectivity index (χ1) is 13.2. The molecule has 4 heteroatoms. The summed E-state index contributed by atoms with van der Waals surface area (Å²) >= 11 is 0. The van der Waals surface area contributed by atoms with Crippen molar-refractivity contribution in [3.8, 4) is 0 Å². The van der Waals surface area contributed by atoms with Gasteiger partial charge in [-0.25, -0.2) is 9.97 Å². The van der Waals surface area contributed by atoms with Crippen LogP contribution in [0.3, 0.4) is 0 Å². The van der Waals surface area contributed by atoms with Crippen LogP contribution in [0, 0.1) is 18.3 Å². The highest BCUT2D eigenvalue weighted by Crippen LogP contribution is 2.38. The predicted octanol–water partition coefficient (Wildman–Crippen LogP) is 6.56. The van der Waals surface area contributed by atoms with Crippen LogP contribution in [-0.2, 0) is 0 Å². The van der Waals surface area contributed by atoms with Gasteiger partial charge in [0.2, 0.25) is 5.95 Å². The van der Waals surface area contributed by atoms with Gasteiger partial charge < -0.3 is 10.7 Å². The van der Waals surface area contributed by atoms with Crippen molar-refractivity contribution in [3.63, 3.8) is 0 Å². The summed E-state index contributed by atoms with van der Waals surface area (Å²) < 4.78 is 0. The van der Waals surface area contributed by atoms with Gasteiger partial charge in [0.05, 0.1) is 5.69 Å². The molecule has 0 aliphatic heterocycles. The molecule has 1 aromatic heterocycles. The SMILES string of the molecule is CC.CCC/C(CC1CC1)=C(\C=N)c1nc(NC2CCCCC2)ncc1C. The molecule has 2 fully saturated rings. The van der Waals surface area contributed by atoms with Crippen molar-refractivity contribution < 1.29 is 0 Å². The first-order valence-corrected chi connectivity index (χ1v) is 11.0. The summed E-state index contributed by atoms with van der Waals surface area (Å²) in [5.41, 5.74) is 4.45. The highest BCUT2D eigenvalue weighted by Gasteiger charge is 2.24. The maximum atomic E-state index is 8.03. The lowest BCUT2D eigenvalue weighted by atomic mass is 9.95. The number of aromatic nitrogens is 2. The van der Waals surface area contributed by atoms with Crippen molar-refractivity contribution in [2.24, 2.45) is 5.92 Å². The number of hydrogen-bond acceptors (Lipinski definition) is 4. The molecule has 0 spiro atoms. The molecular formula is C23H38N4. The third-order valence-electron chi connectivity index (χ3n) is 5.47. The van der Waals surface area contributed by atoms with E-state index in [2.05, 4.69) is 24.1 Å². The summed E-state index contributed by atoms with van der Waals surface area (Å²) in [4.78, 5) is 9.35. The highest BCUT2D eigenvalue weighted by molar-refractivity contribution is 6.09. The van der Waals surface area contributed by atoms with E-state index in [1.165, 1.54) is 56.7 Å². The molecule has 0 unspecified atom stereocenters. The summed E-state index contributed by atoms with van der Waals surface area (Å²) in [5, 5.41) is 11.6. The van der Waals surface area contributed by atoms with E-state index in [0.717, 1.165) is 48.0 Å². The van der Waals surface area contributed by atoms with Gasteiger partial charge in [-0.2, -0.15) is 0 Å². The van der Waals surface area contributed by atoms with Crippen LogP contribution in [0.15, 0.2) is 11.8 Å². The first-order valence-electron chi connectivity index (χ1n) is 11.0. The predicted molar refractivity (Wildman–Crippen MR) is 117 cm³/mol. The number of allylic oxidation sites excluding steroid dienone is 2. The third kappa shape index (κ3) is 6.44. The van der Waals surface area contributed by atoms with E-state index >= 15 is 0 Å². The van der Waals surface area contributed by atoms with Gasteiger partial charge in [-0.05, 0) is 56.9 Å². The molecule has 0 amide bonds. The summed E-state index contributed by atoms with van der Waals surface area (Å²) in [6.45, 7) is 8.28. The van der Waals surface area contributed by atoms with Crippen molar-refractivity contribution in [3.05, 3.63) is 23.0 Å². The zero-order chi connectivity index (χ0) is 19.6. The number of rotatable bonds is 8. The smallest absolute Gasteiger partial charge is 0.223 e. The van der Waals surface area contributed by atoms with E-state index in [-0.39, 0.29) is 0 Å². The first kappa shape index (κ1) is 21.6. The van der Waals surface area contributed by atoms with Crippen molar-refractivity contribution >= 4 is 17.7 Å². The molecule has 0 atom stereocenters. The van der Waals surface area contributed by atoms with Gasteiger partial charge in [-0.1, -0.05) is 52.0 Å². The number of nitrogens with zero attached hydrogens (tertiary/aromatic N) is 2. The van der Waals surface area contributed by atoms with Crippen LogP contribution in [0.2, 0.25) is 0 Å². The van der Waals surface area contributed by atoms with Gasteiger partial charge in [0, 0.05) is 24.0 Å². The summed E-state index contributed by atoms with van der Waals surface area (Å²) in [7, 11) is 0. The van der Waals surface area contributed by atoms with Crippen LogP contribution in [0.5, 0.6) is 0 Å². The zero-order valence-corrected chi connectivity index (χ0v) is 17.8. The zero-order valence-electron chi connectivity index (χ0n) is 17.8. The second-order valence-corrected chi connectivity index (χ2v) is 7.76. The maximum Gasteiger partial charge on any atom is 0.223 e. The molecular weight excluding hydrogens is 332 g/mol. The number of aryl methyl sites for hydroxylation is 1. The Kier molecular flexibility index (Phi) is 8.96. The van der Waals surface area contributed by atoms with Crippen LogP contribution in [0.1, 0.15) is 96.2 Å². The molecule has 0 radical (unpaired) electrons. The lowest BCUT2D eigenvalue weighted by Gasteiger charge is -2.23. The average molecular weight is 371 g/mol. The van der Waals surface area contributed by atoms with Crippen LogP contribution < -0.4 is 5.32 Å². The minimum absolute atomic E-state index is 0.498. The highest BCUT2D eigenvalue weighted by atomic mass is 15.1. The van der Waals surface area contributed by atoms with Gasteiger partial charge in [0.15, 0.2) is 0 Å². The Morgan fingerprint density at radius 3 is 2.48 bits per heavy atom. The minimum atomic E-state index is 0.498. The van der Waals surface area contributed by atoms with Crippen molar-refractivity contribution in [2.75, 3.05) is 5.32 Å². The van der Waals surface area contributed by atoms with E-state index in [9.17, 15) is 0 Å². The van der Waals surface area contributed by atoms with Crippen LogP contribution in [-0.4, -0.2) is 22.2 Å². The maximum absolute atomic E-state index is 8.03. The van der Waals surface area contributed by atoms with Crippen molar-refractivity contribution in [2.45, 2.75) is 97.9 Å². The molecule has 0 saturated heterocycles. The van der Waals surface area contributed by atoms with E-state index in [1.807, 2.05) is 20.0 Å². The summed E-state index contributed by atoms with van der Waals surface area (Å²) in [5.74, 6) is 1.56. The van der Waals surface area contributed by atoms with Crippen LogP contribution in [0.25, 0.3) is 5.57 Å². The van der Waals surface area contributed by atoms with Crippen molar-refractivity contribution in [1.29, 1.82) is 5.41 Å².